The molecule has 0 bridgehead atoms. The van der Waals surface area contributed by atoms with Crippen LogP contribution >= 0.6 is 27.5 Å². The van der Waals surface area contributed by atoms with E-state index in [4.69, 9.17) is 16.3 Å². The fourth-order valence-electron chi connectivity index (χ4n) is 1.78. The SMILES string of the molecule is CCNCc1cnc(Oc2cc(F)c(Cl)cc2Br)c(C)c1. The molecule has 0 amide bonds. The molecule has 0 unspecified atom stereocenters. The largest absolute Gasteiger partial charge is 0.437 e. The maximum Gasteiger partial charge on any atom is 0.222 e. The highest BCUT2D eigenvalue weighted by Gasteiger charge is 2.11. The lowest BCUT2D eigenvalue weighted by Gasteiger charge is -2.11. The third kappa shape index (κ3) is 4.15. The second kappa shape index (κ2) is 7.20. The summed E-state index contributed by atoms with van der Waals surface area (Å²) in [4.78, 5) is 4.28. The quantitative estimate of drug-likeness (QED) is 0.761. The van der Waals surface area contributed by atoms with E-state index in [1.165, 1.54) is 12.1 Å². The smallest absolute Gasteiger partial charge is 0.222 e. The van der Waals surface area contributed by atoms with E-state index in [2.05, 4.69) is 26.2 Å². The van der Waals surface area contributed by atoms with E-state index in [1.807, 2.05) is 19.9 Å². The third-order valence-corrected chi connectivity index (χ3v) is 3.76. The van der Waals surface area contributed by atoms with E-state index in [1.54, 1.807) is 6.20 Å². The van der Waals surface area contributed by atoms with Gasteiger partial charge in [-0.3, -0.25) is 0 Å². The first-order valence-corrected chi connectivity index (χ1v) is 7.67. The second-order valence-corrected chi connectivity index (χ2v) is 5.81. The molecule has 21 heavy (non-hydrogen) atoms. The standard InChI is InChI=1S/C15H15BrClFN2O/c1-3-19-7-10-4-9(2)15(20-8-10)21-14-6-13(18)12(17)5-11(14)16/h4-6,8,19H,3,7H2,1-2H3. The number of hydrogen-bond donors (Lipinski definition) is 1. The molecule has 112 valence electrons. The van der Waals surface area contributed by atoms with E-state index >= 15 is 0 Å². The van der Waals surface area contributed by atoms with Gasteiger partial charge in [0.15, 0.2) is 0 Å². The molecule has 2 aromatic rings. The molecule has 1 aromatic heterocycles. The number of nitrogens with one attached hydrogen (secondary N) is 1. The summed E-state index contributed by atoms with van der Waals surface area (Å²) in [6, 6.07) is 4.69. The van der Waals surface area contributed by atoms with E-state index < -0.39 is 5.82 Å². The van der Waals surface area contributed by atoms with Gasteiger partial charge in [0.05, 0.1) is 9.50 Å². The summed E-state index contributed by atoms with van der Waals surface area (Å²) >= 11 is 9.00. The third-order valence-electron chi connectivity index (χ3n) is 2.85. The molecule has 0 saturated carbocycles. The summed E-state index contributed by atoms with van der Waals surface area (Å²) in [6.07, 6.45) is 1.74. The van der Waals surface area contributed by atoms with Gasteiger partial charge in [0.1, 0.15) is 11.6 Å². The highest BCUT2D eigenvalue weighted by Crippen LogP contribution is 2.34. The molecule has 2 rings (SSSR count). The average Bonchev–Trinajstić information content (AvgIpc) is 2.45. The number of halogens is 3. The van der Waals surface area contributed by atoms with Crippen molar-refractivity contribution in [1.29, 1.82) is 0 Å². The summed E-state index contributed by atoms with van der Waals surface area (Å²) in [7, 11) is 0. The predicted molar refractivity (Wildman–Crippen MR) is 85.5 cm³/mol. The summed E-state index contributed by atoms with van der Waals surface area (Å²) in [6.45, 7) is 5.60. The average molecular weight is 374 g/mol. The van der Waals surface area contributed by atoms with Crippen LogP contribution in [-0.2, 0) is 6.54 Å². The molecule has 3 nitrogen and oxygen atoms in total. The molecule has 6 heteroatoms. The zero-order chi connectivity index (χ0) is 15.4. The Labute approximate surface area is 136 Å². The van der Waals surface area contributed by atoms with Crippen LogP contribution < -0.4 is 10.1 Å². The number of hydrogen-bond acceptors (Lipinski definition) is 3. The Morgan fingerprint density at radius 3 is 2.81 bits per heavy atom. The van der Waals surface area contributed by atoms with Gasteiger partial charge in [-0.1, -0.05) is 18.5 Å². The molecule has 0 spiro atoms. The van der Waals surface area contributed by atoms with Crippen molar-refractivity contribution in [3.8, 4) is 11.6 Å². The van der Waals surface area contributed by atoms with Crippen LogP contribution in [0.3, 0.4) is 0 Å². The number of rotatable bonds is 5. The molecule has 0 atom stereocenters. The van der Waals surface area contributed by atoms with Gasteiger partial charge in [0.2, 0.25) is 5.88 Å². The number of benzene rings is 1. The van der Waals surface area contributed by atoms with Crippen LogP contribution in [-0.4, -0.2) is 11.5 Å². The second-order valence-electron chi connectivity index (χ2n) is 4.54. The summed E-state index contributed by atoms with van der Waals surface area (Å²) in [5.41, 5.74) is 1.95. The van der Waals surface area contributed by atoms with Crippen molar-refractivity contribution < 1.29 is 9.13 Å². The van der Waals surface area contributed by atoms with Gasteiger partial charge in [0, 0.05) is 24.4 Å². The fourth-order valence-corrected chi connectivity index (χ4v) is 2.50. The van der Waals surface area contributed by atoms with Gasteiger partial charge in [-0.2, -0.15) is 0 Å². The van der Waals surface area contributed by atoms with Crippen LogP contribution in [0.4, 0.5) is 4.39 Å². The van der Waals surface area contributed by atoms with Gasteiger partial charge in [-0.05, 0) is 47.1 Å². The minimum absolute atomic E-state index is 0.0416. The van der Waals surface area contributed by atoms with Crippen molar-refractivity contribution in [2.75, 3.05) is 6.54 Å². The molecular formula is C15H15BrClFN2O. The fraction of sp³-hybridized carbons (Fsp3) is 0.267. The Balaban J connectivity index is 2.22. The van der Waals surface area contributed by atoms with E-state index in [9.17, 15) is 4.39 Å². The van der Waals surface area contributed by atoms with Crippen molar-refractivity contribution in [3.05, 3.63) is 50.8 Å². The number of aromatic nitrogens is 1. The van der Waals surface area contributed by atoms with Gasteiger partial charge in [0.25, 0.3) is 0 Å². The Kier molecular flexibility index (Phi) is 5.56. The van der Waals surface area contributed by atoms with E-state index in [0.717, 1.165) is 24.2 Å². The molecule has 0 radical (unpaired) electrons. The van der Waals surface area contributed by atoms with E-state index in [-0.39, 0.29) is 5.02 Å². The molecule has 0 saturated heterocycles. The summed E-state index contributed by atoms with van der Waals surface area (Å²) in [5, 5.41) is 3.27. The van der Waals surface area contributed by atoms with Gasteiger partial charge >= 0.3 is 0 Å². The molecule has 0 aliphatic heterocycles. The Bertz CT molecular complexity index is 652. The lowest BCUT2D eigenvalue weighted by molar-refractivity contribution is 0.451. The maximum atomic E-state index is 13.5. The van der Waals surface area contributed by atoms with Gasteiger partial charge in [-0.25, -0.2) is 9.37 Å². The molecule has 1 N–H and O–H groups in total. The van der Waals surface area contributed by atoms with Crippen molar-refractivity contribution in [2.24, 2.45) is 0 Å². The molecule has 1 aromatic carbocycles. The maximum absolute atomic E-state index is 13.5. The molecular weight excluding hydrogens is 359 g/mol. The van der Waals surface area contributed by atoms with Gasteiger partial charge < -0.3 is 10.1 Å². The van der Waals surface area contributed by atoms with Crippen molar-refractivity contribution in [3.63, 3.8) is 0 Å². The molecule has 1 heterocycles. The highest BCUT2D eigenvalue weighted by molar-refractivity contribution is 9.10. The van der Waals surface area contributed by atoms with Gasteiger partial charge in [-0.15, -0.1) is 0 Å². The number of aryl methyl sites for hydroxylation is 1. The van der Waals surface area contributed by atoms with Crippen molar-refractivity contribution >= 4 is 27.5 Å². The van der Waals surface area contributed by atoms with Crippen LogP contribution in [0.5, 0.6) is 11.6 Å². The molecule has 0 fully saturated rings. The normalized spacial score (nSPS) is 10.7. The minimum Gasteiger partial charge on any atom is -0.437 e. The van der Waals surface area contributed by atoms with Crippen molar-refractivity contribution in [2.45, 2.75) is 20.4 Å². The van der Waals surface area contributed by atoms with Crippen LogP contribution in [0.15, 0.2) is 28.9 Å². The lowest BCUT2D eigenvalue weighted by atomic mass is 10.2. The Hall–Kier alpha value is -1.17. The van der Waals surface area contributed by atoms with Crippen molar-refractivity contribution in [1.82, 2.24) is 10.3 Å². The Morgan fingerprint density at radius 2 is 2.14 bits per heavy atom. The molecule has 0 aliphatic carbocycles. The number of nitrogens with zero attached hydrogens (tertiary/aromatic N) is 1. The summed E-state index contributed by atoms with van der Waals surface area (Å²) in [5.74, 6) is 0.251. The van der Waals surface area contributed by atoms with Crippen LogP contribution in [0.25, 0.3) is 0 Å². The van der Waals surface area contributed by atoms with Crippen LogP contribution in [0.2, 0.25) is 5.02 Å². The van der Waals surface area contributed by atoms with Crippen LogP contribution in [0.1, 0.15) is 18.1 Å². The first kappa shape index (κ1) is 16.2. The lowest BCUT2D eigenvalue weighted by Crippen LogP contribution is -2.12. The zero-order valence-corrected chi connectivity index (χ0v) is 14.1. The van der Waals surface area contributed by atoms with E-state index in [0.29, 0.717) is 16.1 Å². The minimum atomic E-state index is -0.531. The predicted octanol–water partition coefficient (Wildman–Crippen LogP) is 4.85. The summed E-state index contributed by atoms with van der Waals surface area (Å²) < 4.78 is 19.7. The molecule has 0 aliphatic rings. The van der Waals surface area contributed by atoms with Crippen LogP contribution in [0, 0.1) is 12.7 Å². The number of pyridine rings is 1. The number of ether oxygens (including phenoxy) is 1. The zero-order valence-electron chi connectivity index (χ0n) is 11.7. The highest BCUT2D eigenvalue weighted by atomic mass is 79.9. The monoisotopic (exact) mass is 372 g/mol. The Morgan fingerprint density at radius 1 is 1.38 bits per heavy atom. The first-order valence-electron chi connectivity index (χ1n) is 6.50. The first-order chi connectivity index (χ1) is 10.0. The topological polar surface area (TPSA) is 34.2 Å².